The van der Waals surface area contributed by atoms with E-state index in [1.54, 1.807) is 6.92 Å². The van der Waals surface area contributed by atoms with Crippen LogP contribution in [-0.2, 0) is 11.2 Å². The van der Waals surface area contributed by atoms with Gasteiger partial charge in [0.05, 0.1) is 13.2 Å². The van der Waals surface area contributed by atoms with Gasteiger partial charge < -0.3 is 9.84 Å². The molecule has 2 atom stereocenters. The molecule has 0 saturated heterocycles. The monoisotopic (exact) mass is 269 g/mol. The van der Waals surface area contributed by atoms with Crippen LogP contribution in [0.1, 0.15) is 12.5 Å². The fourth-order valence-corrected chi connectivity index (χ4v) is 1.85. The SMILES string of the molecule is CPNCC(=O)Cc1ccccc1O[C@H](C)CO. The maximum Gasteiger partial charge on any atom is 0.151 e. The third-order valence-corrected chi connectivity index (χ3v) is 2.94. The highest BCUT2D eigenvalue weighted by atomic mass is 31.1. The van der Waals surface area contributed by atoms with E-state index in [-0.39, 0.29) is 18.5 Å². The summed E-state index contributed by atoms with van der Waals surface area (Å²) in [6.45, 7) is 4.13. The number of benzene rings is 1. The van der Waals surface area contributed by atoms with Gasteiger partial charge in [0.2, 0.25) is 0 Å². The van der Waals surface area contributed by atoms with Crippen LogP contribution in [0.15, 0.2) is 24.3 Å². The maximum absolute atomic E-state index is 11.7. The lowest BCUT2D eigenvalue weighted by Gasteiger charge is -2.15. The molecule has 0 amide bonds. The minimum atomic E-state index is -0.267. The Labute approximate surface area is 110 Å². The minimum absolute atomic E-state index is 0.0409. The normalized spacial score (nSPS) is 12.8. The molecule has 0 bridgehead atoms. The van der Waals surface area contributed by atoms with E-state index in [9.17, 15) is 4.79 Å². The van der Waals surface area contributed by atoms with Gasteiger partial charge in [-0.15, -0.1) is 0 Å². The highest BCUT2D eigenvalue weighted by Crippen LogP contribution is 2.20. The molecular weight excluding hydrogens is 249 g/mol. The van der Waals surface area contributed by atoms with Gasteiger partial charge >= 0.3 is 0 Å². The predicted molar refractivity (Wildman–Crippen MR) is 74.6 cm³/mol. The van der Waals surface area contributed by atoms with E-state index in [1.807, 2.05) is 30.9 Å². The second-order valence-electron chi connectivity index (χ2n) is 4.04. The number of Topliss-reactive ketones (excluding diaryl/α,β-unsaturated/α-hetero) is 1. The molecule has 4 nitrogen and oxygen atoms in total. The van der Waals surface area contributed by atoms with Crippen molar-refractivity contribution < 1.29 is 14.6 Å². The van der Waals surface area contributed by atoms with Gasteiger partial charge in [0.1, 0.15) is 11.9 Å². The van der Waals surface area contributed by atoms with E-state index >= 15 is 0 Å². The molecule has 0 heterocycles. The highest BCUT2D eigenvalue weighted by Gasteiger charge is 2.10. The zero-order chi connectivity index (χ0) is 13.4. The Balaban J connectivity index is 2.66. The molecule has 1 rings (SSSR count). The molecule has 18 heavy (non-hydrogen) atoms. The lowest BCUT2D eigenvalue weighted by Crippen LogP contribution is -2.20. The lowest BCUT2D eigenvalue weighted by atomic mass is 10.1. The largest absolute Gasteiger partial charge is 0.488 e. The van der Waals surface area contributed by atoms with E-state index in [4.69, 9.17) is 9.84 Å². The first-order valence-corrected chi connectivity index (χ1v) is 7.44. The molecule has 1 aromatic carbocycles. The van der Waals surface area contributed by atoms with Crippen LogP contribution in [0.4, 0.5) is 0 Å². The first-order valence-electron chi connectivity index (χ1n) is 5.94. The van der Waals surface area contributed by atoms with Crippen LogP contribution < -0.4 is 9.82 Å². The Morgan fingerprint density at radius 3 is 2.89 bits per heavy atom. The molecule has 100 valence electrons. The van der Waals surface area contributed by atoms with Crippen molar-refractivity contribution >= 4 is 14.5 Å². The van der Waals surface area contributed by atoms with Crippen LogP contribution in [0.2, 0.25) is 0 Å². The average Bonchev–Trinajstić information content (AvgIpc) is 2.38. The summed E-state index contributed by atoms with van der Waals surface area (Å²) in [7, 11) is 0.570. The average molecular weight is 269 g/mol. The lowest BCUT2D eigenvalue weighted by molar-refractivity contribution is -0.117. The van der Waals surface area contributed by atoms with Gasteiger partial charge in [-0.05, 0) is 19.7 Å². The number of ether oxygens (including phenoxy) is 1. The van der Waals surface area contributed by atoms with E-state index in [0.29, 0.717) is 27.4 Å². The molecule has 0 spiro atoms. The molecular formula is C13H20NO3P. The highest BCUT2D eigenvalue weighted by molar-refractivity contribution is 7.34. The number of carbonyl (C=O) groups excluding carboxylic acids is 1. The molecule has 0 aliphatic heterocycles. The Hall–Kier alpha value is -0.960. The number of ketones is 1. The molecule has 0 saturated carbocycles. The Morgan fingerprint density at radius 2 is 2.22 bits per heavy atom. The van der Waals surface area contributed by atoms with Gasteiger partial charge in [-0.3, -0.25) is 9.88 Å². The summed E-state index contributed by atoms with van der Waals surface area (Å²) in [5.41, 5.74) is 0.865. The van der Waals surface area contributed by atoms with Crippen molar-refractivity contribution in [2.45, 2.75) is 19.4 Å². The van der Waals surface area contributed by atoms with Crippen molar-refractivity contribution in [2.75, 3.05) is 19.8 Å². The third-order valence-electron chi connectivity index (χ3n) is 2.41. The first kappa shape index (κ1) is 15.1. The van der Waals surface area contributed by atoms with Crippen LogP contribution in [0.5, 0.6) is 5.75 Å². The summed E-state index contributed by atoms with van der Waals surface area (Å²) in [6, 6.07) is 7.45. The Kier molecular flexibility index (Phi) is 6.88. The number of aliphatic hydroxyl groups excluding tert-OH is 1. The topological polar surface area (TPSA) is 58.6 Å². The molecule has 0 aromatic heterocycles. The third kappa shape index (κ3) is 5.13. The Morgan fingerprint density at radius 1 is 1.50 bits per heavy atom. The van der Waals surface area contributed by atoms with Crippen molar-refractivity contribution in [1.82, 2.24) is 5.09 Å². The molecule has 5 heteroatoms. The van der Waals surface area contributed by atoms with Crippen molar-refractivity contribution in [3.05, 3.63) is 29.8 Å². The van der Waals surface area contributed by atoms with Crippen LogP contribution in [0, 0.1) is 0 Å². The van der Waals surface area contributed by atoms with Gasteiger partial charge in [0.25, 0.3) is 0 Å². The number of carbonyl (C=O) groups is 1. The fraction of sp³-hybridized carbons (Fsp3) is 0.462. The van der Waals surface area contributed by atoms with Gasteiger partial charge in [-0.2, -0.15) is 0 Å². The number of nitrogens with one attached hydrogen (secondary N) is 1. The Bertz CT molecular complexity index is 384. The van der Waals surface area contributed by atoms with E-state index < -0.39 is 0 Å². The number of aliphatic hydroxyl groups is 1. The fourth-order valence-electron chi connectivity index (χ4n) is 1.48. The van der Waals surface area contributed by atoms with Gasteiger partial charge in [-0.25, -0.2) is 0 Å². The zero-order valence-corrected chi connectivity index (χ0v) is 11.8. The number of rotatable bonds is 8. The van der Waals surface area contributed by atoms with Crippen LogP contribution in [0.25, 0.3) is 0 Å². The smallest absolute Gasteiger partial charge is 0.151 e. The van der Waals surface area contributed by atoms with E-state index in [1.165, 1.54) is 0 Å². The summed E-state index contributed by atoms with van der Waals surface area (Å²) in [5, 5.41) is 12.0. The quantitative estimate of drug-likeness (QED) is 0.700. The van der Waals surface area contributed by atoms with Gasteiger partial charge in [-0.1, -0.05) is 26.9 Å². The first-order chi connectivity index (χ1) is 8.67. The molecule has 0 aliphatic rings. The van der Waals surface area contributed by atoms with E-state index in [0.717, 1.165) is 5.56 Å². The van der Waals surface area contributed by atoms with E-state index in [2.05, 4.69) is 5.09 Å². The summed E-state index contributed by atoms with van der Waals surface area (Å²) in [5.74, 6) is 0.809. The van der Waals surface area contributed by atoms with Crippen LogP contribution in [0.3, 0.4) is 0 Å². The second kappa shape index (κ2) is 8.20. The van der Waals surface area contributed by atoms with Crippen LogP contribution >= 0.6 is 8.73 Å². The summed E-state index contributed by atoms with van der Waals surface area (Å²) in [4.78, 5) is 11.7. The van der Waals surface area contributed by atoms with Crippen molar-refractivity contribution in [2.24, 2.45) is 0 Å². The summed E-state index contributed by atoms with van der Waals surface area (Å²) >= 11 is 0. The standard InChI is InChI=1S/C13H20NO3P/c1-10(9-15)17-13-6-4-3-5-11(13)7-12(16)8-14-18-2/h3-6,10,14-15,18H,7-9H2,1-2H3/t10-/m1/s1. The van der Waals surface area contributed by atoms with Crippen molar-refractivity contribution in [3.63, 3.8) is 0 Å². The predicted octanol–water partition coefficient (Wildman–Crippen LogP) is 1.37. The number of para-hydroxylation sites is 1. The van der Waals surface area contributed by atoms with Crippen LogP contribution in [-0.4, -0.2) is 36.8 Å². The number of hydrogen-bond acceptors (Lipinski definition) is 4. The van der Waals surface area contributed by atoms with Crippen molar-refractivity contribution in [3.8, 4) is 5.75 Å². The summed E-state index contributed by atoms with van der Waals surface area (Å²) < 4.78 is 5.58. The number of hydrogen-bond donors (Lipinski definition) is 2. The van der Waals surface area contributed by atoms with Gasteiger partial charge in [0, 0.05) is 12.0 Å². The molecule has 1 aromatic rings. The molecule has 0 aliphatic carbocycles. The second-order valence-corrected chi connectivity index (χ2v) is 4.89. The zero-order valence-electron chi connectivity index (χ0n) is 10.8. The summed E-state index contributed by atoms with van der Waals surface area (Å²) in [6.07, 6.45) is 0.0858. The van der Waals surface area contributed by atoms with Gasteiger partial charge in [0.15, 0.2) is 5.78 Å². The molecule has 0 radical (unpaired) electrons. The van der Waals surface area contributed by atoms with Crippen molar-refractivity contribution in [1.29, 1.82) is 0 Å². The molecule has 2 N–H and O–H groups in total. The molecule has 1 unspecified atom stereocenters. The minimum Gasteiger partial charge on any atom is -0.488 e. The maximum atomic E-state index is 11.7. The molecule has 0 fully saturated rings.